The van der Waals surface area contributed by atoms with E-state index in [9.17, 15) is 0 Å². The first-order chi connectivity index (χ1) is 15.0. The summed E-state index contributed by atoms with van der Waals surface area (Å²) >= 11 is 1.74. The summed E-state index contributed by atoms with van der Waals surface area (Å²) < 4.78 is 5.56. The topological polar surface area (TPSA) is 61.8 Å². The van der Waals surface area contributed by atoms with Crippen LogP contribution in [0, 0.1) is 19.8 Å². The highest BCUT2D eigenvalue weighted by Crippen LogP contribution is 2.26. The van der Waals surface area contributed by atoms with E-state index in [0.29, 0.717) is 5.92 Å². The normalized spacial score (nSPS) is 16.9. The maximum atomic E-state index is 5.56. The van der Waals surface area contributed by atoms with Crippen LogP contribution in [0.2, 0.25) is 0 Å². The minimum Gasteiger partial charge on any atom is -0.496 e. The second-order valence-corrected chi connectivity index (χ2v) is 9.47. The van der Waals surface area contributed by atoms with E-state index in [-0.39, 0.29) is 6.04 Å². The molecule has 1 aromatic heterocycles. The number of aliphatic imine (C=N–C) groups is 1. The minimum absolute atomic E-state index is 0.107. The number of rotatable bonds is 8. The van der Waals surface area contributed by atoms with E-state index in [1.807, 2.05) is 6.07 Å². The van der Waals surface area contributed by atoms with Crippen LogP contribution in [0.25, 0.3) is 0 Å². The van der Waals surface area contributed by atoms with Crippen LogP contribution in [0.15, 0.2) is 28.6 Å². The molecule has 1 saturated heterocycles. The van der Waals surface area contributed by atoms with Crippen LogP contribution >= 0.6 is 11.3 Å². The van der Waals surface area contributed by atoms with Gasteiger partial charge in [-0.3, -0.25) is 9.89 Å². The van der Waals surface area contributed by atoms with Crippen LogP contribution in [0.5, 0.6) is 5.75 Å². The molecule has 7 heteroatoms. The fraction of sp³-hybridized carbons (Fsp3) is 0.583. The van der Waals surface area contributed by atoms with Crippen LogP contribution in [-0.2, 0) is 6.54 Å². The lowest BCUT2D eigenvalue weighted by molar-refractivity contribution is 0.179. The summed E-state index contributed by atoms with van der Waals surface area (Å²) in [5, 5.41) is 10.3. The van der Waals surface area contributed by atoms with Gasteiger partial charge in [-0.15, -0.1) is 11.3 Å². The standard InChI is InChI=1S/C24H37N5OS/c1-6-25-24(27-18(3)22-13-17(2)7-8-23(22)30-5)26-14-20-9-11-29(12-10-20)15-21-16-31-19(4)28-21/h7-8,13,16,18,20H,6,9-12,14-15H2,1-5H3,(H2,25,26,27). The molecule has 0 amide bonds. The van der Waals surface area contributed by atoms with Crippen molar-refractivity contribution in [3.63, 3.8) is 0 Å². The first-order valence-corrected chi connectivity index (χ1v) is 12.2. The summed E-state index contributed by atoms with van der Waals surface area (Å²) in [5.41, 5.74) is 3.59. The second kappa shape index (κ2) is 11.5. The van der Waals surface area contributed by atoms with Gasteiger partial charge in [0.05, 0.1) is 23.9 Å². The van der Waals surface area contributed by atoms with Gasteiger partial charge in [-0.2, -0.15) is 0 Å². The van der Waals surface area contributed by atoms with E-state index >= 15 is 0 Å². The highest BCUT2D eigenvalue weighted by atomic mass is 32.1. The Balaban J connectivity index is 1.53. The van der Waals surface area contributed by atoms with Gasteiger partial charge in [0.15, 0.2) is 5.96 Å². The number of nitrogens with zero attached hydrogens (tertiary/aromatic N) is 3. The second-order valence-electron chi connectivity index (χ2n) is 8.41. The van der Waals surface area contributed by atoms with Crippen molar-refractivity contribution < 1.29 is 4.74 Å². The average molecular weight is 444 g/mol. The van der Waals surface area contributed by atoms with Gasteiger partial charge in [0.2, 0.25) is 0 Å². The number of aryl methyl sites for hydroxylation is 2. The summed E-state index contributed by atoms with van der Waals surface area (Å²) in [6, 6.07) is 6.40. The first kappa shape index (κ1) is 23.5. The molecule has 0 radical (unpaired) electrons. The van der Waals surface area contributed by atoms with Crippen molar-refractivity contribution in [3.05, 3.63) is 45.4 Å². The zero-order chi connectivity index (χ0) is 22.2. The average Bonchev–Trinajstić information content (AvgIpc) is 3.17. The van der Waals surface area contributed by atoms with Crippen molar-refractivity contribution in [2.45, 2.75) is 53.1 Å². The molecule has 2 aromatic rings. The Morgan fingerprint density at radius 2 is 2.10 bits per heavy atom. The number of nitrogens with one attached hydrogen (secondary N) is 2. The van der Waals surface area contributed by atoms with Gasteiger partial charge in [-0.05, 0) is 65.6 Å². The molecule has 1 aliphatic heterocycles. The molecule has 1 unspecified atom stereocenters. The molecular formula is C24H37N5OS. The van der Waals surface area contributed by atoms with Gasteiger partial charge in [0.25, 0.3) is 0 Å². The van der Waals surface area contributed by atoms with Crippen molar-refractivity contribution in [1.82, 2.24) is 20.5 Å². The molecule has 2 N–H and O–H groups in total. The maximum Gasteiger partial charge on any atom is 0.191 e. The third-order valence-corrected chi connectivity index (χ3v) is 6.64. The van der Waals surface area contributed by atoms with Crippen LogP contribution in [0.1, 0.15) is 54.6 Å². The molecule has 0 spiro atoms. The molecule has 0 aliphatic carbocycles. The van der Waals surface area contributed by atoms with Crippen molar-refractivity contribution >= 4 is 17.3 Å². The predicted octanol–water partition coefficient (Wildman–Crippen LogP) is 4.30. The van der Waals surface area contributed by atoms with E-state index < -0.39 is 0 Å². The molecule has 1 atom stereocenters. The number of methoxy groups -OCH3 is 1. The number of aromatic nitrogens is 1. The summed E-state index contributed by atoms with van der Waals surface area (Å²) in [4.78, 5) is 12.0. The number of hydrogen-bond acceptors (Lipinski definition) is 5. The Morgan fingerprint density at radius 3 is 2.74 bits per heavy atom. The molecule has 1 fully saturated rings. The third-order valence-electron chi connectivity index (χ3n) is 5.82. The monoisotopic (exact) mass is 443 g/mol. The Hall–Kier alpha value is -2.12. The van der Waals surface area contributed by atoms with Crippen LogP contribution in [0.4, 0.5) is 0 Å². The van der Waals surface area contributed by atoms with Gasteiger partial charge in [0, 0.05) is 30.6 Å². The number of guanidine groups is 1. The molecule has 170 valence electrons. The Labute approximate surface area is 191 Å². The summed E-state index contributed by atoms with van der Waals surface area (Å²) in [5.74, 6) is 2.41. The number of benzene rings is 1. The van der Waals surface area contributed by atoms with E-state index in [1.54, 1.807) is 18.4 Å². The van der Waals surface area contributed by atoms with Gasteiger partial charge in [0.1, 0.15) is 5.75 Å². The number of piperidine rings is 1. The molecule has 31 heavy (non-hydrogen) atoms. The molecule has 6 nitrogen and oxygen atoms in total. The van der Waals surface area contributed by atoms with Crippen LogP contribution < -0.4 is 15.4 Å². The lowest BCUT2D eigenvalue weighted by atomic mass is 9.97. The molecule has 1 aromatic carbocycles. The summed E-state index contributed by atoms with van der Waals surface area (Å²) in [7, 11) is 1.72. The predicted molar refractivity (Wildman–Crippen MR) is 130 cm³/mol. The molecule has 1 aliphatic rings. The Kier molecular flexibility index (Phi) is 8.72. The van der Waals surface area contributed by atoms with Gasteiger partial charge >= 0.3 is 0 Å². The Morgan fingerprint density at radius 1 is 1.32 bits per heavy atom. The zero-order valence-corrected chi connectivity index (χ0v) is 20.4. The number of likely N-dealkylation sites (tertiary alicyclic amines) is 1. The molecule has 3 rings (SSSR count). The molecule has 2 heterocycles. The molecular weight excluding hydrogens is 406 g/mol. The largest absolute Gasteiger partial charge is 0.496 e. The van der Waals surface area contributed by atoms with Crippen molar-refractivity contribution in [2.75, 3.05) is 33.3 Å². The zero-order valence-electron chi connectivity index (χ0n) is 19.6. The lowest BCUT2D eigenvalue weighted by Gasteiger charge is -2.31. The summed E-state index contributed by atoms with van der Waals surface area (Å²) in [6.45, 7) is 13.4. The highest BCUT2D eigenvalue weighted by Gasteiger charge is 2.20. The van der Waals surface area contributed by atoms with Crippen molar-refractivity contribution in [1.29, 1.82) is 0 Å². The van der Waals surface area contributed by atoms with E-state index in [0.717, 1.165) is 55.0 Å². The number of ether oxygens (including phenoxy) is 1. The fourth-order valence-corrected chi connectivity index (χ4v) is 4.66. The minimum atomic E-state index is 0.107. The van der Waals surface area contributed by atoms with Crippen molar-refractivity contribution in [3.8, 4) is 5.75 Å². The first-order valence-electron chi connectivity index (χ1n) is 11.3. The number of hydrogen-bond donors (Lipinski definition) is 2. The fourth-order valence-electron chi connectivity index (χ4n) is 4.05. The number of thiazole rings is 1. The highest BCUT2D eigenvalue weighted by molar-refractivity contribution is 7.09. The van der Waals surface area contributed by atoms with Crippen LogP contribution in [-0.4, -0.2) is 49.1 Å². The van der Waals surface area contributed by atoms with Gasteiger partial charge in [-0.1, -0.05) is 17.7 Å². The maximum absolute atomic E-state index is 5.56. The van der Waals surface area contributed by atoms with Gasteiger partial charge < -0.3 is 15.4 Å². The third kappa shape index (κ3) is 6.94. The molecule has 0 saturated carbocycles. The molecule has 0 bridgehead atoms. The van der Waals surface area contributed by atoms with E-state index in [2.05, 4.69) is 65.7 Å². The quantitative estimate of drug-likeness (QED) is 0.471. The van der Waals surface area contributed by atoms with E-state index in [4.69, 9.17) is 9.73 Å². The van der Waals surface area contributed by atoms with E-state index in [1.165, 1.54) is 24.1 Å². The van der Waals surface area contributed by atoms with Gasteiger partial charge in [-0.25, -0.2) is 4.98 Å². The summed E-state index contributed by atoms with van der Waals surface area (Å²) in [6.07, 6.45) is 2.38. The smallest absolute Gasteiger partial charge is 0.191 e. The SMILES string of the molecule is CCNC(=NCC1CCN(Cc2csc(C)n2)CC1)NC(C)c1cc(C)ccc1OC. The van der Waals surface area contributed by atoms with Crippen molar-refractivity contribution in [2.24, 2.45) is 10.9 Å². The van der Waals surface area contributed by atoms with Crippen LogP contribution in [0.3, 0.4) is 0 Å². The lowest BCUT2D eigenvalue weighted by Crippen LogP contribution is -2.40. The Bertz CT molecular complexity index is 857.